The predicted molar refractivity (Wildman–Crippen MR) is 162 cm³/mol. The summed E-state index contributed by atoms with van der Waals surface area (Å²) in [6.45, 7) is 8.10. The Kier molecular flexibility index (Phi) is 9.75. The highest BCUT2D eigenvalue weighted by molar-refractivity contribution is 7.89. The molecule has 0 saturated heterocycles. The molecular weight excluding hydrogens is 538 g/mol. The minimum absolute atomic E-state index is 0.0938. The van der Waals surface area contributed by atoms with Crippen LogP contribution in [0.15, 0.2) is 94.9 Å². The summed E-state index contributed by atoms with van der Waals surface area (Å²) in [5.41, 5.74) is 5.14. The largest absolute Gasteiger partial charge is 0.490 e. The van der Waals surface area contributed by atoms with E-state index < -0.39 is 22.0 Å². The molecule has 0 aliphatic rings. The van der Waals surface area contributed by atoms with Crippen LogP contribution in [0.3, 0.4) is 0 Å². The van der Waals surface area contributed by atoms with Crippen LogP contribution in [0.1, 0.15) is 37.5 Å². The van der Waals surface area contributed by atoms with E-state index in [1.165, 1.54) is 18.3 Å². The number of hydrazone groups is 1. The number of nitrogens with zero attached hydrogens (tertiary/aromatic N) is 1. The van der Waals surface area contributed by atoms with Crippen LogP contribution in [0.25, 0.3) is 10.8 Å². The molecule has 0 aliphatic heterocycles. The SMILES string of the molecule is CCOc1cc(/C=N\NC(=O)[C@@H](NS(=O)(=O)c2ccc(C)cc2)C(C)C)ccc1OCc1cccc2ccccc12. The summed E-state index contributed by atoms with van der Waals surface area (Å²) < 4.78 is 40.1. The van der Waals surface area contributed by atoms with Crippen LogP contribution in [0.4, 0.5) is 0 Å². The molecule has 0 radical (unpaired) electrons. The molecule has 0 aromatic heterocycles. The second kappa shape index (κ2) is 13.4. The van der Waals surface area contributed by atoms with Gasteiger partial charge in [0.1, 0.15) is 12.6 Å². The number of nitrogens with one attached hydrogen (secondary N) is 2. The van der Waals surface area contributed by atoms with Crippen molar-refractivity contribution in [1.29, 1.82) is 0 Å². The number of ether oxygens (including phenoxy) is 2. The zero-order valence-electron chi connectivity index (χ0n) is 23.6. The Morgan fingerprint density at radius 3 is 2.39 bits per heavy atom. The van der Waals surface area contributed by atoms with Gasteiger partial charge in [-0.1, -0.05) is 74.0 Å². The quantitative estimate of drug-likeness (QED) is 0.170. The van der Waals surface area contributed by atoms with Crippen molar-refractivity contribution in [2.24, 2.45) is 11.0 Å². The summed E-state index contributed by atoms with van der Waals surface area (Å²) in [6, 6.07) is 25.1. The average molecular weight is 574 g/mol. The first-order chi connectivity index (χ1) is 19.7. The molecule has 0 heterocycles. The fourth-order valence-corrected chi connectivity index (χ4v) is 5.60. The number of carbonyl (C=O) groups excluding carboxylic acids is 1. The van der Waals surface area contributed by atoms with Crippen LogP contribution in [-0.2, 0) is 21.4 Å². The zero-order valence-corrected chi connectivity index (χ0v) is 24.4. The van der Waals surface area contributed by atoms with E-state index >= 15 is 0 Å². The van der Waals surface area contributed by atoms with E-state index in [1.54, 1.807) is 44.2 Å². The lowest BCUT2D eigenvalue weighted by molar-refractivity contribution is -0.123. The van der Waals surface area contributed by atoms with Crippen molar-refractivity contribution in [2.75, 3.05) is 6.61 Å². The van der Waals surface area contributed by atoms with Gasteiger partial charge in [0.25, 0.3) is 5.91 Å². The van der Waals surface area contributed by atoms with Crippen LogP contribution >= 0.6 is 0 Å². The van der Waals surface area contributed by atoms with Crippen LogP contribution in [0.2, 0.25) is 0 Å². The number of sulfonamides is 1. The molecule has 1 amide bonds. The van der Waals surface area contributed by atoms with E-state index in [4.69, 9.17) is 9.47 Å². The fraction of sp³-hybridized carbons (Fsp3) is 0.250. The van der Waals surface area contributed by atoms with Crippen molar-refractivity contribution < 1.29 is 22.7 Å². The van der Waals surface area contributed by atoms with Gasteiger partial charge in [0.05, 0.1) is 17.7 Å². The molecular formula is C32H35N3O5S. The highest BCUT2D eigenvalue weighted by Crippen LogP contribution is 2.30. The van der Waals surface area contributed by atoms with Gasteiger partial charge in [-0.05, 0) is 72.0 Å². The molecule has 214 valence electrons. The van der Waals surface area contributed by atoms with Gasteiger partial charge in [-0.15, -0.1) is 0 Å². The minimum atomic E-state index is -3.89. The maximum absolute atomic E-state index is 12.9. The van der Waals surface area contributed by atoms with E-state index in [9.17, 15) is 13.2 Å². The number of amides is 1. The van der Waals surface area contributed by atoms with Crippen LogP contribution < -0.4 is 19.6 Å². The van der Waals surface area contributed by atoms with Crippen molar-refractivity contribution in [3.8, 4) is 11.5 Å². The van der Waals surface area contributed by atoms with Gasteiger partial charge in [-0.2, -0.15) is 9.82 Å². The first kappa shape index (κ1) is 29.8. The van der Waals surface area contributed by atoms with Crippen molar-refractivity contribution in [1.82, 2.24) is 10.1 Å². The lowest BCUT2D eigenvalue weighted by Crippen LogP contribution is -2.48. The highest BCUT2D eigenvalue weighted by Gasteiger charge is 2.28. The first-order valence-corrected chi connectivity index (χ1v) is 14.9. The van der Waals surface area contributed by atoms with Crippen molar-refractivity contribution in [3.63, 3.8) is 0 Å². The molecule has 4 aromatic carbocycles. The highest BCUT2D eigenvalue weighted by atomic mass is 32.2. The average Bonchev–Trinajstić information content (AvgIpc) is 2.95. The van der Waals surface area contributed by atoms with Crippen molar-refractivity contribution in [2.45, 2.75) is 45.2 Å². The molecule has 0 saturated carbocycles. The van der Waals surface area contributed by atoms with Crippen LogP contribution in [0.5, 0.6) is 11.5 Å². The van der Waals surface area contributed by atoms with Gasteiger partial charge in [-0.3, -0.25) is 4.79 Å². The smallest absolute Gasteiger partial charge is 0.258 e. The number of carbonyl (C=O) groups is 1. The third-order valence-corrected chi connectivity index (χ3v) is 7.94. The Hall–Kier alpha value is -4.21. The Labute approximate surface area is 241 Å². The molecule has 0 aliphatic carbocycles. The molecule has 8 nitrogen and oxygen atoms in total. The Morgan fingerprint density at radius 2 is 1.66 bits per heavy atom. The molecule has 4 rings (SSSR count). The normalized spacial score (nSPS) is 12.5. The summed E-state index contributed by atoms with van der Waals surface area (Å²) in [5.74, 6) is 0.264. The van der Waals surface area contributed by atoms with Crippen LogP contribution in [0, 0.1) is 12.8 Å². The number of hydrogen-bond acceptors (Lipinski definition) is 6. The van der Waals surface area contributed by atoms with E-state index in [0.29, 0.717) is 30.3 Å². The summed E-state index contributed by atoms with van der Waals surface area (Å²) in [5, 5.41) is 6.34. The van der Waals surface area contributed by atoms with E-state index in [2.05, 4.69) is 33.4 Å². The summed E-state index contributed by atoms with van der Waals surface area (Å²) in [6.07, 6.45) is 1.47. The van der Waals surface area contributed by atoms with Gasteiger partial charge >= 0.3 is 0 Å². The molecule has 9 heteroatoms. The molecule has 0 fully saturated rings. The zero-order chi connectivity index (χ0) is 29.4. The van der Waals surface area contributed by atoms with Crippen LogP contribution in [-0.4, -0.2) is 33.2 Å². The van der Waals surface area contributed by atoms with Gasteiger partial charge in [0, 0.05) is 0 Å². The van der Waals surface area contributed by atoms with Gasteiger partial charge in [0.15, 0.2) is 11.5 Å². The van der Waals surface area contributed by atoms with E-state index in [-0.39, 0.29) is 10.8 Å². The van der Waals surface area contributed by atoms with E-state index in [1.807, 2.05) is 38.1 Å². The fourth-order valence-electron chi connectivity index (χ4n) is 4.25. The Morgan fingerprint density at radius 1 is 0.927 bits per heavy atom. The molecule has 4 aromatic rings. The van der Waals surface area contributed by atoms with Gasteiger partial charge in [-0.25, -0.2) is 13.8 Å². The van der Waals surface area contributed by atoms with Crippen molar-refractivity contribution in [3.05, 3.63) is 102 Å². The second-order valence-corrected chi connectivity index (χ2v) is 11.7. The molecule has 0 spiro atoms. The maximum Gasteiger partial charge on any atom is 0.258 e. The topological polar surface area (TPSA) is 106 Å². The first-order valence-electron chi connectivity index (χ1n) is 13.5. The second-order valence-electron chi connectivity index (χ2n) is 9.96. The predicted octanol–water partition coefficient (Wildman–Crippen LogP) is 5.58. The number of aryl methyl sites for hydroxylation is 1. The van der Waals surface area contributed by atoms with E-state index in [0.717, 1.165) is 21.9 Å². The lowest BCUT2D eigenvalue weighted by Gasteiger charge is -2.20. The molecule has 1 atom stereocenters. The standard InChI is InChI=1S/C32H35N3O5S/c1-5-39-30-19-24(15-18-29(30)40-21-26-11-8-10-25-9-6-7-12-28(25)26)20-33-34-32(36)31(22(2)3)35-41(37,38)27-16-13-23(4)14-17-27/h6-20,22,31,35H,5,21H2,1-4H3,(H,34,36)/b33-20-/t31-/m0/s1. The minimum Gasteiger partial charge on any atom is -0.490 e. The maximum atomic E-state index is 12.9. The van der Waals surface area contributed by atoms with Gasteiger partial charge < -0.3 is 9.47 Å². The number of hydrogen-bond donors (Lipinski definition) is 2. The summed E-state index contributed by atoms with van der Waals surface area (Å²) in [4.78, 5) is 13.0. The Balaban J connectivity index is 1.43. The monoisotopic (exact) mass is 573 g/mol. The number of fused-ring (bicyclic) bond motifs is 1. The summed E-state index contributed by atoms with van der Waals surface area (Å²) >= 11 is 0. The number of benzene rings is 4. The van der Waals surface area contributed by atoms with Gasteiger partial charge in [0.2, 0.25) is 10.0 Å². The molecule has 41 heavy (non-hydrogen) atoms. The molecule has 2 N–H and O–H groups in total. The summed E-state index contributed by atoms with van der Waals surface area (Å²) in [7, 11) is -3.89. The number of rotatable bonds is 12. The third kappa shape index (κ3) is 7.71. The molecule has 0 bridgehead atoms. The van der Waals surface area contributed by atoms with Crippen molar-refractivity contribution >= 4 is 32.9 Å². The third-order valence-electron chi connectivity index (χ3n) is 6.48. The lowest BCUT2D eigenvalue weighted by atomic mass is 10.1. The molecule has 0 unspecified atom stereocenters. The Bertz CT molecular complexity index is 1630.